The summed E-state index contributed by atoms with van der Waals surface area (Å²) in [4.78, 5) is 0. The fraction of sp³-hybridized carbons (Fsp3) is 0.308. The lowest BCUT2D eigenvalue weighted by molar-refractivity contribution is -0.231. The van der Waals surface area contributed by atoms with Crippen LogP contribution in [0.15, 0.2) is 72.8 Å². The number of benzene rings is 3. The minimum absolute atomic E-state index is 0.437. The SMILES string of the molecule is Cc1ccc([C@@H]2O[C@H](CO)[C@@H](O)[C@H](O)[C@H]2O)cc1Cc1ccc(-c2ccccc2)cc1. The van der Waals surface area contributed by atoms with Crippen LogP contribution >= 0.6 is 0 Å². The largest absolute Gasteiger partial charge is 0.394 e. The number of aryl methyl sites for hydroxylation is 1. The highest BCUT2D eigenvalue weighted by Gasteiger charge is 2.43. The van der Waals surface area contributed by atoms with Crippen LogP contribution < -0.4 is 0 Å². The Hall–Kier alpha value is -2.54. The molecular formula is C26H28O5. The van der Waals surface area contributed by atoms with Crippen molar-refractivity contribution in [3.63, 3.8) is 0 Å². The summed E-state index contributed by atoms with van der Waals surface area (Å²) in [6.45, 7) is 1.60. The highest BCUT2D eigenvalue weighted by atomic mass is 16.5. The molecule has 1 aliphatic rings. The zero-order chi connectivity index (χ0) is 22.0. The fourth-order valence-corrected chi connectivity index (χ4v) is 4.10. The van der Waals surface area contributed by atoms with Crippen molar-refractivity contribution in [3.8, 4) is 11.1 Å². The standard InChI is InChI=1S/C26H28O5/c1-16-7-10-20(26-25(30)24(29)23(28)22(15-27)31-26)14-21(16)13-17-8-11-19(12-9-17)18-5-3-2-4-6-18/h2-12,14,22-30H,13,15H2,1H3/t22-,23-,24+,25-,26+/m1/s1. The molecule has 3 aromatic carbocycles. The smallest absolute Gasteiger partial charge is 0.113 e. The Morgan fingerprint density at radius 1 is 0.774 bits per heavy atom. The molecule has 0 spiro atoms. The molecule has 0 aliphatic carbocycles. The van der Waals surface area contributed by atoms with Crippen molar-refractivity contribution in [2.75, 3.05) is 6.61 Å². The molecule has 3 aromatic rings. The van der Waals surface area contributed by atoms with Crippen molar-refractivity contribution in [1.82, 2.24) is 0 Å². The van der Waals surface area contributed by atoms with Crippen LogP contribution in [0, 0.1) is 6.92 Å². The third-order valence-corrected chi connectivity index (χ3v) is 6.05. The van der Waals surface area contributed by atoms with E-state index in [4.69, 9.17) is 4.74 Å². The van der Waals surface area contributed by atoms with E-state index in [1.807, 2.05) is 43.3 Å². The van der Waals surface area contributed by atoms with Crippen LogP contribution in [0.1, 0.15) is 28.4 Å². The van der Waals surface area contributed by atoms with E-state index < -0.39 is 37.1 Å². The van der Waals surface area contributed by atoms with Gasteiger partial charge in [-0.25, -0.2) is 0 Å². The second kappa shape index (κ2) is 9.30. The van der Waals surface area contributed by atoms with Crippen molar-refractivity contribution in [2.45, 2.75) is 43.9 Å². The van der Waals surface area contributed by atoms with E-state index in [-0.39, 0.29) is 0 Å². The predicted molar refractivity (Wildman–Crippen MR) is 119 cm³/mol. The monoisotopic (exact) mass is 420 g/mol. The second-order valence-corrected chi connectivity index (χ2v) is 8.18. The summed E-state index contributed by atoms with van der Waals surface area (Å²) in [5.41, 5.74) is 6.40. The molecule has 0 amide bonds. The normalized spacial score (nSPS) is 26.0. The van der Waals surface area contributed by atoms with Gasteiger partial charge in [0.1, 0.15) is 30.5 Å². The van der Waals surface area contributed by atoms with Gasteiger partial charge < -0.3 is 25.2 Å². The quantitative estimate of drug-likeness (QED) is 0.510. The fourth-order valence-electron chi connectivity index (χ4n) is 4.10. The van der Waals surface area contributed by atoms with Crippen molar-refractivity contribution < 1.29 is 25.2 Å². The summed E-state index contributed by atoms with van der Waals surface area (Å²) in [7, 11) is 0. The molecule has 1 heterocycles. The van der Waals surface area contributed by atoms with Crippen LogP contribution in [0.25, 0.3) is 11.1 Å². The molecule has 4 rings (SSSR count). The summed E-state index contributed by atoms with van der Waals surface area (Å²) >= 11 is 0. The minimum atomic E-state index is -1.38. The lowest BCUT2D eigenvalue weighted by Gasteiger charge is -2.40. The van der Waals surface area contributed by atoms with Crippen molar-refractivity contribution in [3.05, 3.63) is 95.1 Å². The molecule has 4 N–H and O–H groups in total. The van der Waals surface area contributed by atoms with E-state index in [1.165, 1.54) is 5.56 Å². The van der Waals surface area contributed by atoms with Crippen LogP contribution in [-0.2, 0) is 11.2 Å². The van der Waals surface area contributed by atoms with Crippen molar-refractivity contribution >= 4 is 0 Å². The Labute approximate surface area is 182 Å². The number of aliphatic hydroxyl groups is 4. The predicted octanol–water partition coefficient (Wildman–Crippen LogP) is 2.77. The third-order valence-electron chi connectivity index (χ3n) is 6.05. The highest BCUT2D eigenvalue weighted by molar-refractivity contribution is 5.63. The van der Waals surface area contributed by atoms with Gasteiger partial charge in [-0.1, -0.05) is 72.8 Å². The number of rotatable bonds is 5. The van der Waals surface area contributed by atoms with Gasteiger partial charge in [0.05, 0.1) is 6.61 Å². The molecule has 5 heteroatoms. The number of aliphatic hydroxyl groups excluding tert-OH is 4. The first kappa shape index (κ1) is 21.7. The molecule has 1 saturated heterocycles. The van der Waals surface area contributed by atoms with Crippen LogP contribution in [0.3, 0.4) is 0 Å². The second-order valence-electron chi connectivity index (χ2n) is 8.18. The average Bonchev–Trinajstić information content (AvgIpc) is 2.80. The molecule has 5 atom stereocenters. The third kappa shape index (κ3) is 4.56. The van der Waals surface area contributed by atoms with Crippen LogP contribution in [0.5, 0.6) is 0 Å². The molecule has 0 bridgehead atoms. The average molecular weight is 421 g/mol. The molecule has 0 aromatic heterocycles. The summed E-state index contributed by atoms with van der Waals surface area (Å²) in [6.07, 6.45) is -5.05. The van der Waals surface area contributed by atoms with Gasteiger partial charge in [-0.15, -0.1) is 0 Å². The Bertz CT molecular complexity index is 1000. The summed E-state index contributed by atoms with van der Waals surface area (Å²) < 4.78 is 5.72. The number of ether oxygens (including phenoxy) is 1. The first-order valence-corrected chi connectivity index (χ1v) is 10.5. The van der Waals surface area contributed by atoms with Gasteiger partial charge in [-0.3, -0.25) is 0 Å². The molecule has 0 saturated carbocycles. The molecule has 5 nitrogen and oxygen atoms in total. The van der Waals surface area contributed by atoms with Crippen LogP contribution in [0.2, 0.25) is 0 Å². The van der Waals surface area contributed by atoms with Crippen LogP contribution in [-0.4, -0.2) is 51.4 Å². The Kier molecular flexibility index (Phi) is 6.51. The molecule has 162 valence electrons. The van der Waals surface area contributed by atoms with E-state index in [1.54, 1.807) is 0 Å². The maximum Gasteiger partial charge on any atom is 0.113 e. The number of hydrogen-bond acceptors (Lipinski definition) is 5. The minimum Gasteiger partial charge on any atom is -0.394 e. The van der Waals surface area contributed by atoms with Gasteiger partial charge in [0.15, 0.2) is 0 Å². The van der Waals surface area contributed by atoms with E-state index in [0.29, 0.717) is 12.0 Å². The lowest BCUT2D eigenvalue weighted by atomic mass is 9.89. The molecule has 0 unspecified atom stereocenters. The molecule has 31 heavy (non-hydrogen) atoms. The maximum atomic E-state index is 10.4. The van der Waals surface area contributed by atoms with Crippen molar-refractivity contribution in [2.24, 2.45) is 0 Å². The zero-order valence-electron chi connectivity index (χ0n) is 17.4. The van der Waals surface area contributed by atoms with Gasteiger partial charge in [0.2, 0.25) is 0 Å². The van der Waals surface area contributed by atoms with Gasteiger partial charge in [-0.2, -0.15) is 0 Å². The van der Waals surface area contributed by atoms with Crippen LogP contribution in [0.4, 0.5) is 0 Å². The van der Waals surface area contributed by atoms with Gasteiger partial charge >= 0.3 is 0 Å². The van der Waals surface area contributed by atoms with Gasteiger partial charge in [0, 0.05) is 0 Å². The van der Waals surface area contributed by atoms with Gasteiger partial charge in [-0.05, 0) is 46.7 Å². The number of hydrogen-bond donors (Lipinski definition) is 4. The summed E-state index contributed by atoms with van der Waals surface area (Å²) in [5, 5.41) is 40.0. The first-order valence-electron chi connectivity index (χ1n) is 10.5. The molecular weight excluding hydrogens is 392 g/mol. The van der Waals surface area contributed by atoms with Gasteiger partial charge in [0.25, 0.3) is 0 Å². The Morgan fingerprint density at radius 2 is 1.45 bits per heavy atom. The highest BCUT2D eigenvalue weighted by Crippen LogP contribution is 2.33. The van der Waals surface area contributed by atoms with E-state index in [0.717, 1.165) is 22.3 Å². The van der Waals surface area contributed by atoms with E-state index in [2.05, 4.69) is 36.4 Å². The Balaban J connectivity index is 1.56. The topological polar surface area (TPSA) is 90.2 Å². The summed E-state index contributed by atoms with van der Waals surface area (Å²) in [6, 6.07) is 24.5. The lowest BCUT2D eigenvalue weighted by Crippen LogP contribution is -2.55. The zero-order valence-corrected chi connectivity index (χ0v) is 17.4. The first-order chi connectivity index (χ1) is 15.0. The summed E-state index contributed by atoms with van der Waals surface area (Å²) in [5.74, 6) is 0. The molecule has 1 aliphatic heterocycles. The Morgan fingerprint density at radius 3 is 2.13 bits per heavy atom. The van der Waals surface area contributed by atoms with E-state index >= 15 is 0 Å². The van der Waals surface area contributed by atoms with Crippen molar-refractivity contribution in [1.29, 1.82) is 0 Å². The van der Waals surface area contributed by atoms with E-state index in [9.17, 15) is 20.4 Å². The molecule has 0 radical (unpaired) electrons. The maximum absolute atomic E-state index is 10.4. The molecule has 1 fully saturated rings.